The monoisotopic (exact) mass is 151 g/mol. The summed E-state index contributed by atoms with van der Waals surface area (Å²) in [4.78, 5) is 2.96. The summed E-state index contributed by atoms with van der Waals surface area (Å²) in [5.41, 5.74) is 2.18. The van der Waals surface area contributed by atoms with Crippen LogP contribution < -0.4 is 0 Å². The number of hydrogen-bond acceptors (Lipinski definition) is 1. The minimum Gasteiger partial charge on any atom is -0.392 e. The highest BCUT2D eigenvalue weighted by Crippen LogP contribution is 2.07. The van der Waals surface area contributed by atoms with Gasteiger partial charge in [-0.15, -0.1) is 0 Å². The molecule has 0 aliphatic heterocycles. The highest BCUT2D eigenvalue weighted by atomic mass is 16.3. The van der Waals surface area contributed by atoms with Crippen LogP contribution in [0.1, 0.15) is 18.9 Å². The van der Waals surface area contributed by atoms with Gasteiger partial charge in [0.05, 0.1) is 6.61 Å². The molecule has 1 heterocycles. The molecule has 0 radical (unpaired) electrons. The summed E-state index contributed by atoms with van der Waals surface area (Å²) in [6.07, 6.45) is 6.68. The van der Waals surface area contributed by atoms with Crippen LogP contribution in [0.4, 0.5) is 0 Å². The smallest absolute Gasteiger partial charge is 0.0644 e. The van der Waals surface area contributed by atoms with Gasteiger partial charge in [0.25, 0.3) is 0 Å². The van der Waals surface area contributed by atoms with E-state index in [1.54, 1.807) is 0 Å². The predicted molar refractivity (Wildman–Crippen MR) is 46.1 cm³/mol. The average Bonchev–Trinajstić information content (AvgIpc) is 2.52. The molecule has 0 aromatic carbocycles. The summed E-state index contributed by atoms with van der Waals surface area (Å²) in [5.74, 6) is 0. The maximum Gasteiger partial charge on any atom is 0.0644 e. The summed E-state index contributed by atoms with van der Waals surface area (Å²) in [7, 11) is 0. The number of aliphatic hydroxyl groups is 1. The van der Waals surface area contributed by atoms with E-state index < -0.39 is 0 Å². The van der Waals surface area contributed by atoms with Gasteiger partial charge in [-0.2, -0.15) is 0 Å². The van der Waals surface area contributed by atoms with Crippen LogP contribution in [0.25, 0.3) is 6.08 Å². The van der Waals surface area contributed by atoms with Gasteiger partial charge >= 0.3 is 0 Å². The molecule has 2 N–H and O–H groups in total. The van der Waals surface area contributed by atoms with Crippen molar-refractivity contribution in [1.82, 2.24) is 4.98 Å². The molecule has 1 rings (SSSR count). The Kier molecular flexibility index (Phi) is 2.93. The normalized spacial score (nSPS) is 12.0. The lowest BCUT2D eigenvalue weighted by molar-refractivity contribution is 0.329. The molecule has 0 aliphatic rings. The van der Waals surface area contributed by atoms with Gasteiger partial charge in [0, 0.05) is 12.4 Å². The lowest BCUT2D eigenvalue weighted by Crippen LogP contribution is -1.86. The quantitative estimate of drug-likeness (QED) is 0.679. The molecule has 0 bridgehead atoms. The van der Waals surface area contributed by atoms with Crippen LogP contribution in [0, 0.1) is 0 Å². The van der Waals surface area contributed by atoms with Gasteiger partial charge in [-0.1, -0.05) is 13.0 Å². The molecular formula is C9H13NO. The van der Waals surface area contributed by atoms with E-state index in [0.717, 1.165) is 17.6 Å². The molecule has 0 spiro atoms. The van der Waals surface area contributed by atoms with Crippen LogP contribution in [-0.4, -0.2) is 16.7 Å². The lowest BCUT2D eigenvalue weighted by Gasteiger charge is -1.96. The molecular weight excluding hydrogens is 138 g/mol. The Morgan fingerprint density at radius 2 is 2.55 bits per heavy atom. The van der Waals surface area contributed by atoms with E-state index in [-0.39, 0.29) is 6.61 Å². The van der Waals surface area contributed by atoms with Crippen molar-refractivity contribution in [2.24, 2.45) is 0 Å². The predicted octanol–water partition coefficient (Wildman–Crippen LogP) is 1.80. The molecule has 1 aromatic rings. The number of aromatic amines is 1. The van der Waals surface area contributed by atoms with Gasteiger partial charge in [0.15, 0.2) is 0 Å². The van der Waals surface area contributed by atoms with Crippen LogP contribution in [0.2, 0.25) is 0 Å². The maximum absolute atomic E-state index is 8.85. The fourth-order valence-corrected chi connectivity index (χ4v) is 0.922. The van der Waals surface area contributed by atoms with Gasteiger partial charge in [-0.25, -0.2) is 0 Å². The minimum absolute atomic E-state index is 0.154. The molecule has 0 saturated heterocycles. The fraction of sp³-hybridized carbons (Fsp3) is 0.333. The van der Waals surface area contributed by atoms with Crippen LogP contribution in [0.15, 0.2) is 24.0 Å². The van der Waals surface area contributed by atoms with Crippen LogP contribution in [0.5, 0.6) is 0 Å². The van der Waals surface area contributed by atoms with E-state index >= 15 is 0 Å². The first-order chi connectivity index (χ1) is 5.36. The van der Waals surface area contributed by atoms with Gasteiger partial charge in [-0.05, 0) is 23.6 Å². The second-order valence-electron chi connectivity index (χ2n) is 2.46. The van der Waals surface area contributed by atoms with Gasteiger partial charge in [0.1, 0.15) is 0 Å². The second-order valence-corrected chi connectivity index (χ2v) is 2.46. The Balaban J connectivity index is 2.71. The Bertz CT molecular complexity index is 218. The Morgan fingerprint density at radius 3 is 3.00 bits per heavy atom. The largest absolute Gasteiger partial charge is 0.392 e. The van der Waals surface area contributed by atoms with Crippen molar-refractivity contribution < 1.29 is 5.11 Å². The highest BCUT2D eigenvalue weighted by molar-refractivity contribution is 5.51. The van der Waals surface area contributed by atoms with Crippen LogP contribution in [0.3, 0.4) is 0 Å². The van der Waals surface area contributed by atoms with E-state index in [4.69, 9.17) is 5.11 Å². The first kappa shape index (κ1) is 8.08. The topological polar surface area (TPSA) is 36.0 Å². The molecule has 0 unspecified atom stereocenters. The Hall–Kier alpha value is -1.02. The second kappa shape index (κ2) is 3.98. The molecule has 0 saturated carbocycles. The van der Waals surface area contributed by atoms with Gasteiger partial charge in [-0.3, -0.25) is 0 Å². The SMILES string of the molecule is CC/C(=C/c1cc[nH]c1)CO. The van der Waals surface area contributed by atoms with Crippen molar-refractivity contribution in [3.8, 4) is 0 Å². The summed E-state index contributed by atoms with van der Waals surface area (Å²) in [6.45, 7) is 2.19. The number of hydrogen-bond donors (Lipinski definition) is 2. The molecule has 2 nitrogen and oxygen atoms in total. The summed E-state index contributed by atoms with van der Waals surface area (Å²) in [6, 6.07) is 1.98. The molecule has 0 amide bonds. The number of aliphatic hydroxyl groups excluding tert-OH is 1. The van der Waals surface area contributed by atoms with E-state index in [9.17, 15) is 0 Å². The molecule has 0 aliphatic carbocycles. The Morgan fingerprint density at radius 1 is 1.73 bits per heavy atom. The molecule has 0 fully saturated rings. The van der Waals surface area contributed by atoms with Crippen molar-refractivity contribution in [3.63, 3.8) is 0 Å². The summed E-state index contributed by atoms with van der Waals surface area (Å²) < 4.78 is 0. The van der Waals surface area contributed by atoms with Crippen molar-refractivity contribution >= 4 is 6.08 Å². The zero-order valence-electron chi connectivity index (χ0n) is 6.67. The van der Waals surface area contributed by atoms with E-state index in [0.29, 0.717) is 0 Å². The highest BCUT2D eigenvalue weighted by Gasteiger charge is 1.91. The average molecular weight is 151 g/mol. The van der Waals surface area contributed by atoms with E-state index in [1.807, 2.05) is 31.5 Å². The molecule has 11 heavy (non-hydrogen) atoms. The van der Waals surface area contributed by atoms with Gasteiger partial charge in [0.2, 0.25) is 0 Å². The molecule has 0 atom stereocenters. The summed E-state index contributed by atoms with van der Waals surface area (Å²) >= 11 is 0. The maximum atomic E-state index is 8.85. The van der Waals surface area contributed by atoms with Crippen LogP contribution in [-0.2, 0) is 0 Å². The zero-order valence-corrected chi connectivity index (χ0v) is 6.67. The molecule has 1 aromatic heterocycles. The lowest BCUT2D eigenvalue weighted by atomic mass is 10.1. The molecule has 2 heteroatoms. The third-order valence-electron chi connectivity index (χ3n) is 1.65. The molecule has 60 valence electrons. The Labute approximate surface area is 66.6 Å². The van der Waals surface area contributed by atoms with Crippen molar-refractivity contribution in [2.75, 3.05) is 6.61 Å². The summed E-state index contributed by atoms with van der Waals surface area (Å²) in [5, 5.41) is 8.85. The standard InChI is InChI=1S/C9H13NO/c1-2-8(7-11)5-9-3-4-10-6-9/h3-6,10-11H,2,7H2,1H3/b8-5-. The van der Waals surface area contributed by atoms with Crippen molar-refractivity contribution in [2.45, 2.75) is 13.3 Å². The van der Waals surface area contributed by atoms with Crippen molar-refractivity contribution in [1.29, 1.82) is 0 Å². The van der Waals surface area contributed by atoms with E-state index in [2.05, 4.69) is 4.98 Å². The van der Waals surface area contributed by atoms with Crippen LogP contribution >= 0.6 is 0 Å². The third kappa shape index (κ3) is 2.24. The zero-order chi connectivity index (χ0) is 8.10. The van der Waals surface area contributed by atoms with E-state index in [1.165, 1.54) is 0 Å². The third-order valence-corrected chi connectivity index (χ3v) is 1.65. The first-order valence-corrected chi connectivity index (χ1v) is 3.80. The van der Waals surface area contributed by atoms with Crippen molar-refractivity contribution in [3.05, 3.63) is 29.6 Å². The minimum atomic E-state index is 0.154. The number of H-pyrrole nitrogens is 1. The van der Waals surface area contributed by atoms with Gasteiger partial charge < -0.3 is 10.1 Å². The fourth-order valence-electron chi connectivity index (χ4n) is 0.922. The number of rotatable bonds is 3. The number of aromatic nitrogens is 1. The number of nitrogens with one attached hydrogen (secondary N) is 1. The first-order valence-electron chi connectivity index (χ1n) is 3.80.